The van der Waals surface area contributed by atoms with E-state index in [1.165, 1.54) is 53.8 Å². The van der Waals surface area contributed by atoms with E-state index in [1.54, 1.807) is 30.3 Å². The van der Waals surface area contributed by atoms with E-state index >= 15 is 0 Å². The number of hydrogen-bond acceptors (Lipinski definition) is 10. The molecule has 0 aliphatic heterocycles. The predicted molar refractivity (Wildman–Crippen MR) is 144 cm³/mol. The van der Waals surface area contributed by atoms with Gasteiger partial charge in [0.1, 0.15) is 11.2 Å². The van der Waals surface area contributed by atoms with Crippen LogP contribution in [0.5, 0.6) is 0 Å². The number of nitro benzene ring substituents is 2. The highest BCUT2D eigenvalue weighted by molar-refractivity contribution is 8.01. The van der Waals surface area contributed by atoms with E-state index in [0.717, 1.165) is 20.7 Å². The first-order chi connectivity index (χ1) is 18.0. The van der Waals surface area contributed by atoms with E-state index in [1.807, 2.05) is 30.3 Å². The molecule has 2 aromatic heterocycles. The molecule has 0 aliphatic rings. The van der Waals surface area contributed by atoms with Gasteiger partial charge in [0.2, 0.25) is 0 Å². The number of benzene rings is 3. The van der Waals surface area contributed by atoms with Crippen molar-refractivity contribution in [3.05, 3.63) is 111 Å². The van der Waals surface area contributed by atoms with Crippen LogP contribution >= 0.6 is 23.1 Å². The van der Waals surface area contributed by atoms with E-state index in [0.29, 0.717) is 21.1 Å². The topological polar surface area (TPSA) is 136 Å². The number of nitrogens with one attached hydrogen (secondary N) is 1. The van der Waals surface area contributed by atoms with Crippen molar-refractivity contribution in [2.24, 2.45) is 5.10 Å². The molecule has 5 rings (SSSR count). The lowest BCUT2D eigenvalue weighted by molar-refractivity contribution is -0.387. The lowest BCUT2D eigenvalue weighted by atomic mass is 10.1. The van der Waals surface area contributed by atoms with Gasteiger partial charge in [-0.3, -0.25) is 25.7 Å². The smallest absolute Gasteiger partial charge is 0.261 e. The molecule has 0 fully saturated rings. The Hall–Kier alpha value is -4.68. The van der Waals surface area contributed by atoms with Crippen LogP contribution in [0.1, 0.15) is 5.56 Å². The van der Waals surface area contributed by atoms with E-state index in [2.05, 4.69) is 20.5 Å². The fraction of sp³-hybridized carbons (Fsp3) is 0. The van der Waals surface area contributed by atoms with Crippen LogP contribution in [0, 0.1) is 20.2 Å². The third-order valence-corrected chi connectivity index (χ3v) is 7.60. The van der Waals surface area contributed by atoms with Gasteiger partial charge in [-0.2, -0.15) is 5.10 Å². The zero-order valence-corrected chi connectivity index (χ0v) is 20.5. The average molecular weight is 529 g/mol. The molecule has 12 heteroatoms. The molecular weight excluding hydrogens is 512 g/mol. The molecule has 37 heavy (non-hydrogen) atoms. The summed E-state index contributed by atoms with van der Waals surface area (Å²) in [5.74, 6) is 0.441. The number of non-ortho nitro benzene ring substituents is 1. The van der Waals surface area contributed by atoms with Gasteiger partial charge in [-0.15, -0.1) is 11.3 Å². The van der Waals surface area contributed by atoms with E-state index in [-0.39, 0.29) is 11.4 Å². The van der Waals surface area contributed by atoms with Crippen molar-refractivity contribution in [2.75, 3.05) is 5.43 Å². The van der Waals surface area contributed by atoms with Crippen molar-refractivity contribution < 1.29 is 9.85 Å². The van der Waals surface area contributed by atoms with Gasteiger partial charge in [-0.1, -0.05) is 66.4 Å². The number of anilines is 1. The highest BCUT2D eigenvalue weighted by Gasteiger charge is 2.22. The molecule has 1 N–H and O–H groups in total. The Kier molecular flexibility index (Phi) is 6.83. The maximum atomic E-state index is 11.6. The standard InChI is InChI=1S/C25H16N6O4S2/c32-30(33)18-10-6-7-16(13-18)14-28-29-23-22-21(17-8-2-1-3-9-17)25(37-24(22)27-15-26-23)36-20-12-5-4-11-19(20)31(34)35/h1-15H,(H,26,27,29)/b28-14-. The maximum Gasteiger partial charge on any atom is 0.283 e. The van der Waals surface area contributed by atoms with Gasteiger partial charge >= 0.3 is 0 Å². The van der Waals surface area contributed by atoms with Crippen LogP contribution in [0.3, 0.4) is 0 Å². The molecule has 0 unspecified atom stereocenters. The number of rotatable bonds is 8. The fourth-order valence-corrected chi connectivity index (χ4v) is 6.10. The van der Waals surface area contributed by atoms with Crippen molar-refractivity contribution in [3.8, 4) is 11.1 Å². The van der Waals surface area contributed by atoms with Crippen LogP contribution in [0.2, 0.25) is 0 Å². The van der Waals surface area contributed by atoms with Crippen molar-refractivity contribution in [2.45, 2.75) is 9.10 Å². The van der Waals surface area contributed by atoms with Crippen LogP contribution in [0.25, 0.3) is 21.3 Å². The maximum absolute atomic E-state index is 11.6. The predicted octanol–water partition coefficient (Wildman–Crippen LogP) is 6.77. The minimum atomic E-state index is -0.466. The monoisotopic (exact) mass is 528 g/mol. The van der Waals surface area contributed by atoms with Gasteiger partial charge < -0.3 is 0 Å². The Morgan fingerprint density at radius 2 is 1.70 bits per heavy atom. The number of aromatic nitrogens is 2. The molecule has 0 amide bonds. The average Bonchev–Trinajstić information content (AvgIpc) is 3.28. The second kappa shape index (κ2) is 10.5. The molecule has 182 valence electrons. The van der Waals surface area contributed by atoms with E-state index < -0.39 is 9.85 Å². The summed E-state index contributed by atoms with van der Waals surface area (Å²) >= 11 is 2.71. The lowest BCUT2D eigenvalue weighted by Gasteiger charge is -2.07. The number of para-hydroxylation sites is 1. The minimum absolute atomic E-state index is 0.0231. The van der Waals surface area contributed by atoms with E-state index in [4.69, 9.17) is 0 Å². The normalized spacial score (nSPS) is 11.1. The van der Waals surface area contributed by atoms with Gasteiger partial charge in [-0.05, 0) is 11.6 Å². The Labute approximate surface area is 218 Å². The summed E-state index contributed by atoms with van der Waals surface area (Å²) in [5.41, 5.74) is 5.21. The first kappa shape index (κ1) is 24.0. The van der Waals surface area contributed by atoms with Crippen LogP contribution < -0.4 is 5.43 Å². The quantitative estimate of drug-likeness (QED) is 0.132. The summed E-state index contributed by atoms with van der Waals surface area (Å²) < 4.78 is 0.821. The van der Waals surface area contributed by atoms with Crippen LogP contribution in [-0.4, -0.2) is 26.0 Å². The summed E-state index contributed by atoms with van der Waals surface area (Å²) in [7, 11) is 0. The van der Waals surface area contributed by atoms with Crippen molar-refractivity contribution in [1.29, 1.82) is 0 Å². The third-order valence-electron chi connectivity index (χ3n) is 5.25. The van der Waals surface area contributed by atoms with Crippen LogP contribution in [0.4, 0.5) is 17.2 Å². The first-order valence-electron chi connectivity index (χ1n) is 10.8. The van der Waals surface area contributed by atoms with Gasteiger partial charge in [-0.25, -0.2) is 9.97 Å². The van der Waals surface area contributed by atoms with Crippen molar-refractivity contribution in [1.82, 2.24) is 9.97 Å². The largest absolute Gasteiger partial charge is 0.283 e. The SMILES string of the molecule is O=[N+]([O-])c1cccc(/C=N\Nc2ncnc3sc(Sc4ccccc4[N+](=O)[O-])c(-c4ccccc4)c23)c1. The Morgan fingerprint density at radius 3 is 2.49 bits per heavy atom. The molecule has 0 saturated heterocycles. The van der Waals surface area contributed by atoms with Gasteiger partial charge in [0.05, 0.1) is 30.6 Å². The van der Waals surface area contributed by atoms with E-state index in [9.17, 15) is 20.2 Å². The second-order valence-electron chi connectivity index (χ2n) is 7.58. The number of nitro groups is 2. The molecule has 10 nitrogen and oxygen atoms in total. The Morgan fingerprint density at radius 1 is 0.919 bits per heavy atom. The molecule has 0 saturated carbocycles. The zero-order valence-electron chi connectivity index (χ0n) is 18.8. The summed E-state index contributed by atoms with van der Waals surface area (Å²) in [6.45, 7) is 0. The van der Waals surface area contributed by atoms with Crippen molar-refractivity contribution >= 4 is 56.7 Å². The summed E-state index contributed by atoms with van der Waals surface area (Å²) in [6, 6.07) is 22.4. The summed E-state index contributed by atoms with van der Waals surface area (Å²) in [6.07, 6.45) is 2.89. The highest BCUT2D eigenvalue weighted by Crippen LogP contribution is 2.49. The number of hydrogen-bond donors (Lipinski definition) is 1. The number of hydrazone groups is 1. The molecular formula is C25H16N6O4S2. The third kappa shape index (κ3) is 5.15. The van der Waals surface area contributed by atoms with Crippen LogP contribution in [-0.2, 0) is 0 Å². The second-order valence-corrected chi connectivity index (χ2v) is 9.89. The number of thiophene rings is 1. The van der Waals surface area contributed by atoms with Gasteiger partial charge in [0, 0.05) is 29.3 Å². The molecule has 0 atom stereocenters. The molecule has 0 aliphatic carbocycles. The minimum Gasteiger partial charge on any atom is -0.261 e. The highest BCUT2D eigenvalue weighted by atomic mass is 32.2. The summed E-state index contributed by atoms with van der Waals surface area (Å²) in [5, 5.41) is 27.6. The Balaban J connectivity index is 1.58. The molecule has 3 aromatic carbocycles. The molecule has 5 aromatic rings. The fourth-order valence-electron chi connectivity index (χ4n) is 3.62. The van der Waals surface area contributed by atoms with Gasteiger partial charge in [0.25, 0.3) is 11.4 Å². The van der Waals surface area contributed by atoms with Crippen LogP contribution in [0.15, 0.2) is 99.4 Å². The van der Waals surface area contributed by atoms with Crippen molar-refractivity contribution in [3.63, 3.8) is 0 Å². The zero-order chi connectivity index (χ0) is 25.8. The lowest BCUT2D eigenvalue weighted by Crippen LogP contribution is -1.96. The van der Waals surface area contributed by atoms with Gasteiger partial charge in [0.15, 0.2) is 5.82 Å². The summed E-state index contributed by atoms with van der Waals surface area (Å²) in [4.78, 5) is 31.8. The number of fused-ring (bicyclic) bond motifs is 1. The molecule has 2 heterocycles. The molecule has 0 radical (unpaired) electrons. The molecule has 0 spiro atoms. The first-order valence-corrected chi connectivity index (χ1v) is 12.4. The Bertz CT molecular complexity index is 1660. The molecule has 0 bridgehead atoms. The number of nitrogens with zero attached hydrogens (tertiary/aromatic N) is 5.